The van der Waals surface area contributed by atoms with E-state index in [0.717, 1.165) is 18.9 Å². The first-order chi connectivity index (χ1) is 6.48. The maximum absolute atomic E-state index is 12.4. The molecule has 14 heavy (non-hydrogen) atoms. The summed E-state index contributed by atoms with van der Waals surface area (Å²) in [5.41, 5.74) is 4.99. The highest BCUT2D eigenvalue weighted by molar-refractivity contribution is 5.44. The van der Waals surface area contributed by atoms with E-state index in [-0.39, 0.29) is 5.92 Å². The van der Waals surface area contributed by atoms with E-state index in [4.69, 9.17) is 5.73 Å². The van der Waals surface area contributed by atoms with Crippen LogP contribution in [0.3, 0.4) is 0 Å². The summed E-state index contributed by atoms with van der Waals surface area (Å²) < 4.78 is 37.2. The Labute approximate surface area is 78.9 Å². The lowest BCUT2D eigenvalue weighted by molar-refractivity contribution is -0.137. The van der Waals surface area contributed by atoms with Gasteiger partial charge in [0.05, 0.1) is 5.56 Å². The summed E-state index contributed by atoms with van der Waals surface area (Å²) in [6.45, 7) is 0. The Bertz CT molecular complexity index is 356. The van der Waals surface area contributed by atoms with Crippen LogP contribution < -0.4 is 5.73 Å². The number of rotatable bonds is 1. The van der Waals surface area contributed by atoms with Crippen LogP contribution in [0, 0.1) is 0 Å². The minimum Gasteiger partial charge on any atom is -0.383 e. The average Bonchev–Trinajstić information content (AvgIpc) is 2.85. The number of hydrogen-bond acceptors (Lipinski definition) is 2. The van der Waals surface area contributed by atoms with Gasteiger partial charge in [-0.2, -0.15) is 13.2 Å². The smallest absolute Gasteiger partial charge is 0.383 e. The van der Waals surface area contributed by atoms with Crippen LogP contribution in [0.1, 0.15) is 29.9 Å². The molecule has 1 heterocycles. The Morgan fingerprint density at radius 2 is 2.00 bits per heavy atom. The molecule has 0 amide bonds. The van der Waals surface area contributed by atoms with Crippen LogP contribution in [0.4, 0.5) is 19.0 Å². The molecule has 0 unspecified atom stereocenters. The summed E-state index contributed by atoms with van der Waals surface area (Å²) in [4.78, 5) is 3.56. The lowest BCUT2D eigenvalue weighted by Gasteiger charge is -2.10. The zero-order valence-corrected chi connectivity index (χ0v) is 7.30. The first-order valence-electron chi connectivity index (χ1n) is 4.31. The van der Waals surface area contributed by atoms with Gasteiger partial charge in [-0.25, -0.2) is 4.98 Å². The standard InChI is InChI=1S/C9H9F3N2/c10-9(11,12)7-3-6(5-1-2-5)4-14-8(7)13/h3-5H,1-2H2,(H2,13,14). The molecule has 0 aliphatic heterocycles. The Morgan fingerprint density at radius 3 is 2.50 bits per heavy atom. The van der Waals surface area contributed by atoms with Gasteiger partial charge in [-0.1, -0.05) is 0 Å². The van der Waals surface area contributed by atoms with E-state index in [0.29, 0.717) is 5.56 Å². The monoisotopic (exact) mass is 202 g/mol. The number of nitrogen functional groups attached to an aromatic ring is 1. The number of nitrogens with zero attached hydrogens (tertiary/aromatic N) is 1. The molecule has 1 aliphatic carbocycles. The van der Waals surface area contributed by atoms with E-state index >= 15 is 0 Å². The molecule has 0 saturated heterocycles. The van der Waals surface area contributed by atoms with Gasteiger partial charge in [-0.15, -0.1) is 0 Å². The van der Waals surface area contributed by atoms with Crippen LogP contribution in [-0.2, 0) is 6.18 Å². The normalized spacial score (nSPS) is 17.1. The van der Waals surface area contributed by atoms with Gasteiger partial charge in [0.15, 0.2) is 0 Å². The second kappa shape index (κ2) is 2.87. The van der Waals surface area contributed by atoms with Crippen molar-refractivity contribution in [1.29, 1.82) is 0 Å². The lowest BCUT2D eigenvalue weighted by atomic mass is 10.1. The molecular formula is C9H9F3N2. The van der Waals surface area contributed by atoms with E-state index in [9.17, 15) is 13.2 Å². The van der Waals surface area contributed by atoms with Gasteiger partial charge in [0.1, 0.15) is 5.82 Å². The Kier molecular flexibility index (Phi) is 1.90. The SMILES string of the molecule is Nc1ncc(C2CC2)cc1C(F)(F)F. The van der Waals surface area contributed by atoms with Crippen LogP contribution in [-0.4, -0.2) is 4.98 Å². The second-order valence-corrected chi connectivity index (χ2v) is 3.47. The molecule has 2 rings (SSSR count). The molecule has 1 aromatic heterocycles. The van der Waals surface area contributed by atoms with Crippen molar-refractivity contribution in [2.75, 3.05) is 5.73 Å². The average molecular weight is 202 g/mol. The zero-order chi connectivity index (χ0) is 10.3. The first kappa shape index (κ1) is 9.30. The highest BCUT2D eigenvalue weighted by Gasteiger charge is 2.35. The summed E-state index contributed by atoms with van der Waals surface area (Å²) in [7, 11) is 0. The summed E-state index contributed by atoms with van der Waals surface area (Å²) in [5, 5.41) is 0. The molecule has 0 aromatic carbocycles. The highest BCUT2D eigenvalue weighted by Crippen LogP contribution is 2.42. The number of hydrogen-bond donors (Lipinski definition) is 1. The fourth-order valence-corrected chi connectivity index (χ4v) is 1.36. The van der Waals surface area contributed by atoms with Crippen molar-refractivity contribution in [3.63, 3.8) is 0 Å². The predicted molar refractivity (Wildman–Crippen MR) is 45.6 cm³/mol. The largest absolute Gasteiger partial charge is 0.419 e. The molecule has 0 radical (unpaired) electrons. The molecule has 0 spiro atoms. The number of aromatic nitrogens is 1. The van der Waals surface area contributed by atoms with Gasteiger partial charge in [0.2, 0.25) is 0 Å². The third-order valence-electron chi connectivity index (χ3n) is 2.29. The van der Waals surface area contributed by atoms with Crippen molar-refractivity contribution < 1.29 is 13.2 Å². The van der Waals surface area contributed by atoms with E-state index in [1.807, 2.05) is 0 Å². The minimum absolute atomic E-state index is 0.254. The lowest BCUT2D eigenvalue weighted by Crippen LogP contribution is -2.10. The third-order valence-corrected chi connectivity index (χ3v) is 2.29. The fourth-order valence-electron chi connectivity index (χ4n) is 1.36. The highest BCUT2D eigenvalue weighted by atomic mass is 19.4. The van der Waals surface area contributed by atoms with Gasteiger partial charge in [-0.05, 0) is 30.4 Å². The molecule has 1 saturated carbocycles. The Balaban J connectivity index is 2.41. The molecule has 2 N–H and O–H groups in total. The van der Waals surface area contributed by atoms with E-state index in [1.54, 1.807) is 0 Å². The van der Waals surface area contributed by atoms with E-state index in [2.05, 4.69) is 4.98 Å². The van der Waals surface area contributed by atoms with Crippen molar-refractivity contribution in [3.05, 3.63) is 23.4 Å². The minimum atomic E-state index is -4.40. The predicted octanol–water partition coefficient (Wildman–Crippen LogP) is 2.56. The van der Waals surface area contributed by atoms with Crippen LogP contribution in [0.15, 0.2) is 12.3 Å². The summed E-state index contributed by atoms with van der Waals surface area (Å²) in [6, 6.07) is 1.11. The summed E-state index contributed by atoms with van der Waals surface area (Å²) >= 11 is 0. The van der Waals surface area contributed by atoms with Crippen LogP contribution in [0.2, 0.25) is 0 Å². The maximum Gasteiger partial charge on any atom is 0.419 e. The van der Waals surface area contributed by atoms with Crippen LogP contribution >= 0.6 is 0 Å². The number of alkyl halides is 3. The molecule has 2 nitrogen and oxygen atoms in total. The van der Waals surface area contributed by atoms with Gasteiger partial charge in [0.25, 0.3) is 0 Å². The van der Waals surface area contributed by atoms with Gasteiger partial charge >= 0.3 is 6.18 Å². The molecule has 76 valence electrons. The van der Waals surface area contributed by atoms with Crippen molar-refractivity contribution in [1.82, 2.24) is 4.98 Å². The van der Waals surface area contributed by atoms with Gasteiger partial charge in [-0.3, -0.25) is 0 Å². The van der Waals surface area contributed by atoms with Crippen molar-refractivity contribution >= 4 is 5.82 Å². The Morgan fingerprint density at radius 1 is 1.36 bits per heavy atom. The maximum atomic E-state index is 12.4. The van der Waals surface area contributed by atoms with E-state index in [1.165, 1.54) is 6.20 Å². The van der Waals surface area contributed by atoms with Crippen LogP contribution in [0.25, 0.3) is 0 Å². The van der Waals surface area contributed by atoms with Gasteiger partial charge < -0.3 is 5.73 Å². The topological polar surface area (TPSA) is 38.9 Å². The number of pyridine rings is 1. The van der Waals surface area contributed by atoms with Crippen molar-refractivity contribution in [2.45, 2.75) is 24.9 Å². The molecule has 0 atom stereocenters. The van der Waals surface area contributed by atoms with E-state index < -0.39 is 17.6 Å². The van der Waals surface area contributed by atoms with Gasteiger partial charge in [0, 0.05) is 6.20 Å². The molecule has 1 fully saturated rings. The molecular weight excluding hydrogens is 193 g/mol. The molecule has 5 heteroatoms. The fraction of sp³-hybridized carbons (Fsp3) is 0.444. The first-order valence-corrected chi connectivity index (χ1v) is 4.31. The summed E-state index contributed by atoms with van der Waals surface area (Å²) in [6.07, 6.45) is -1.07. The quantitative estimate of drug-likeness (QED) is 0.760. The second-order valence-electron chi connectivity index (χ2n) is 3.47. The van der Waals surface area contributed by atoms with Crippen LogP contribution in [0.5, 0.6) is 0 Å². The number of anilines is 1. The number of nitrogens with two attached hydrogens (primary N) is 1. The number of halogens is 3. The van der Waals surface area contributed by atoms with Crippen molar-refractivity contribution in [2.24, 2.45) is 0 Å². The molecule has 0 bridgehead atoms. The Hall–Kier alpha value is -1.26. The zero-order valence-electron chi connectivity index (χ0n) is 7.30. The van der Waals surface area contributed by atoms with Crippen molar-refractivity contribution in [3.8, 4) is 0 Å². The molecule has 1 aliphatic rings. The third kappa shape index (κ3) is 1.66. The molecule has 1 aromatic rings. The summed E-state index contributed by atoms with van der Waals surface area (Å²) in [5.74, 6) is -0.189.